The van der Waals surface area contributed by atoms with Crippen LogP contribution in [0, 0.1) is 0 Å². The van der Waals surface area contributed by atoms with Gasteiger partial charge in [-0.1, -0.05) is 0 Å². The number of alkyl halides is 3. The molecule has 80 valence electrons. The molecule has 14 heavy (non-hydrogen) atoms. The Hall–Kier alpha value is -0.0700. The van der Waals surface area contributed by atoms with E-state index in [-0.39, 0.29) is 0 Å². The monoisotopic (exact) mass is 287 g/mol. The fourth-order valence-electron chi connectivity index (χ4n) is 1.05. The highest BCUT2D eigenvalue weighted by molar-refractivity contribution is 9.10. The van der Waals surface area contributed by atoms with E-state index in [0.717, 1.165) is 9.35 Å². The van der Waals surface area contributed by atoms with E-state index < -0.39 is 12.7 Å². The van der Waals surface area contributed by atoms with Crippen LogP contribution in [0.2, 0.25) is 0 Å². The van der Waals surface area contributed by atoms with Crippen molar-refractivity contribution in [2.45, 2.75) is 12.7 Å². The number of nitrogens with zero attached hydrogens (tertiary/aromatic N) is 1. The van der Waals surface area contributed by atoms with Gasteiger partial charge in [-0.25, -0.2) is 0 Å². The van der Waals surface area contributed by atoms with E-state index >= 15 is 0 Å². The average Bonchev–Trinajstić information content (AvgIpc) is 2.32. The predicted octanol–water partition coefficient (Wildman–Crippen LogP) is 3.50. The van der Waals surface area contributed by atoms with Crippen LogP contribution in [-0.4, -0.2) is 24.7 Å². The van der Waals surface area contributed by atoms with Gasteiger partial charge >= 0.3 is 6.18 Å². The molecule has 0 radical (unpaired) electrons. The van der Waals surface area contributed by atoms with Gasteiger partial charge in [0.1, 0.15) is 0 Å². The maximum Gasteiger partial charge on any atom is 0.401 e. The Morgan fingerprint density at radius 1 is 1.50 bits per heavy atom. The van der Waals surface area contributed by atoms with E-state index in [1.165, 1.54) is 23.3 Å². The Balaban J connectivity index is 2.50. The molecule has 0 fully saturated rings. The van der Waals surface area contributed by atoms with Gasteiger partial charge in [-0.3, -0.25) is 4.90 Å². The molecule has 0 aliphatic heterocycles. The molecular weight excluding hydrogens is 279 g/mol. The van der Waals surface area contributed by atoms with Crippen molar-refractivity contribution >= 4 is 27.3 Å². The minimum atomic E-state index is -4.13. The summed E-state index contributed by atoms with van der Waals surface area (Å²) in [4.78, 5) is 2.16. The first kappa shape index (κ1) is 12.0. The molecule has 6 heteroatoms. The fraction of sp³-hybridized carbons (Fsp3) is 0.500. The zero-order chi connectivity index (χ0) is 10.8. The fourth-order valence-corrected chi connectivity index (χ4v) is 2.60. The highest BCUT2D eigenvalue weighted by Crippen LogP contribution is 2.25. The predicted molar refractivity (Wildman–Crippen MR) is 54.4 cm³/mol. The van der Waals surface area contributed by atoms with E-state index in [0.29, 0.717) is 6.54 Å². The van der Waals surface area contributed by atoms with Gasteiger partial charge in [-0.2, -0.15) is 13.2 Å². The zero-order valence-corrected chi connectivity index (χ0v) is 9.84. The van der Waals surface area contributed by atoms with Gasteiger partial charge in [0.25, 0.3) is 0 Å². The lowest BCUT2D eigenvalue weighted by Gasteiger charge is -2.17. The Labute approximate surface area is 92.7 Å². The Bertz CT molecular complexity index is 297. The second kappa shape index (κ2) is 4.63. The third kappa shape index (κ3) is 3.98. The van der Waals surface area contributed by atoms with Crippen LogP contribution in [0.1, 0.15) is 4.88 Å². The molecule has 0 aromatic carbocycles. The Morgan fingerprint density at radius 3 is 2.57 bits per heavy atom. The van der Waals surface area contributed by atoms with Crippen molar-refractivity contribution in [3.8, 4) is 0 Å². The molecule has 0 unspecified atom stereocenters. The molecule has 1 heterocycles. The topological polar surface area (TPSA) is 3.24 Å². The molecule has 0 saturated carbocycles. The largest absolute Gasteiger partial charge is 0.401 e. The summed E-state index contributed by atoms with van der Waals surface area (Å²) in [6, 6.07) is 1.83. The molecule has 1 aromatic rings. The summed E-state index contributed by atoms with van der Waals surface area (Å²) in [5.74, 6) is 0. The van der Waals surface area contributed by atoms with Crippen LogP contribution in [0.25, 0.3) is 0 Å². The standard InChI is InChI=1S/C8H9BrF3NS/c1-13(5-8(10,11)12)4-7-6(9)2-3-14-7/h2-3H,4-5H2,1H3. The van der Waals surface area contributed by atoms with E-state index in [2.05, 4.69) is 15.9 Å². The van der Waals surface area contributed by atoms with E-state index in [1.807, 2.05) is 11.4 Å². The van der Waals surface area contributed by atoms with Crippen molar-refractivity contribution in [3.63, 3.8) is 0 Å². The van der Waals surface area contributed by atoms with Crippen LogP contribution < -0.4 is 0 Å². The number of hydrogen-bond donors (Lipinski definition) is 0. The van der Waals surface area contributed by atoms with Gasteiger partial charge < -0.3 is 0 Å². The average molecular weight is 288 g/mol. The highest BCUT2D eigenvalue weighted by Gasteiger charge is 2.29. The molecule has 1 nitrogen and oxygen atoms in total. The van der Waals surface area contributed by atoms with Gasteiger partial charge in [0.05, 0.1) is 6.54 Å². The molecule has 0 N–H and O–H groups in total. The van der Waals surface area contributed by atoms with Crippen LogP contribution in [0.4, 0.5) is 13.2 Å². The third-order valence-corrected chi connectivity index (χ3v) is 3.46. The minimum Gasteiger partial charge on any atom is -0.293 e. The molecule has 0 aliphatic rings. The first-order valence-corrected chi connectivity index (χ1v) is 5.53. The summed E-state index contributed by atoms with van der Waals surface area (Å²) in [5, 5.41) is 1.85. The number of thiophene rings is 1. The van der Waals surface area contributed by atoms with Gasteiger partial charge in [0, 0.05) is 15.9 Å². The van der Waals surface area contributed by atoms with Crippen molar-refractivity contribution in [2.24, 2.45) is 0 Å². The molecule has 1 rings (SSSR count). The summed E-state index contributed by atoms with van der Waals surface area (Å²) >= 11 is 4.72. The van der Waals surface area contributed by atoms with Crippen LogP contribution >= 0.6 is 27.3 Å². The van der Waals surface area contributed by atoms with Crippen LogP contribution in [0.5, 0.6) is 0 Å². The van der Waals surface area contributed by atoms with Gasteiger partial charge in [-0.15, -0.1) is 11.3 Å². The molecule has 0 amide bonds. The van der Waals surface area contributed by atoms with Gasteiger partial charge in [0.2, 0.25) is 0 Å². The summed E-state index contributed by atoms with van der Waals surface area (Å²) in [6.45, 7) is -0.560. The van der Waals surface area contributed by atoms with Gasteiger partial charge in [0.15, 0.2) is 0 Å². The molecule has 0 bridgehead atoms. The van der Waals surface area contributed by atoms with Crippen molar-refractivity contribution in [1.82, 2.24) is 4.90 Å². The van der Waals surface area contributed by atoms with Crippen molar-refractivity contribution in [3.05, 3.63) is 20.8 Å². The molecule has 0 spiro atoms. The SMILES string of the molecule is CN(Cc1sccc1Br)CC(F)(F)F. The summed E-state index contributed by atoms with van der Waals surface area (Å²) in [7, 11) is 1.46. The molecule has 0 atom stereocenters. The lowest BCUT2D eigenvalue weighted by molar-refractivity contribution is -0.143. The summed E-state index contributed by atoms with van der Waals surface area (Å²) in [5.41, 5.74) is 0. The molecular formula is C8H9BrF3NS. The van der Waals surface area contributed by atoms with Crippen molar-refractivity contribution < 1.29 is 13.2 Å². The van der Waals surface area contributed by atoms with Gasteiger partial charge in [-0.05, 0) is 34.4 Å². The quantitative estimate of drug-likeness (QED) is 0.822. The summed E-state index contributed by atoms with van der Waals surface area (Å²) < 4.78 is 36.8. The Morgan fingerprint density at radius 2 is 2.14 bits per heavy atom. The van der Waals surface area contributed by atoms with Crippen LogP contribution in [0.3, 0.4) is 0 Å². The van der Waals surface area contributed by atoms with Crippen LogP contribution in [-0.2, 0) is 6.54 Å². The summed E-state index contributed by atoms with van der Waals surface area (Å²) in [6.07, 6.45) is -4.13. The van der Waals surface area contributed by atoms with E-state index in [9.17, 15) is 13.2 Å². The minimum absolute atomic E-state index is 0.317. The van der Waals surface area contributed by atoms with Crippen LogP contribution in [0.15, 0.2) is 15.9 Å². The first-order chi connectivity index (χ1) is 6.38. The molecule has 0 aliphatic carbocycles. The van der Waals surface area contributed by atoms with Crippen molar-refractivity contribution in [1.29, 1.82) is 0 Å². The highest BCUT2D eigenvalue weighted by atomic mass is 79.9. The molecule has 0 saturated heterocycles. The van der Waals surface area contributed by atoms with E-state index in [4.69, 9.17) is 0 Å². The number of rotatable bonds is 3. The Kier molecular flexibility index (Phi) is 3.97. The first-order valence-electron chi connectivity index (χ1n) is 3.85. The number of hydrogen-bond acceptors (Lipinski definition) is 2. The number of halogens is 4. The van der Waals surface area contributed by atoms with E-state index in [1.54, 1.807) is 0 Å². The smallest absolute Gasteiger partial charge is 0.293 e. The van der Waals surface area contributed by atoms with Crippen molar-refractivity contribution in [2.75, 3.05) is 13.6 Å². The second-order valence-corrected chi connectivity index (χ2v) is 4.83. The maximum atomic E-state index is 12.0. The normalized spacial score (nSPS) is 12.4. The zero-order valence-electron chi connectivity index (χ0n) is 7.44. The maximum absolute atomic E-state index is 12.0. The lowest BCUT2D eigenvalue weighted by Crippen LogP contribution is -2.30. The molecule has 1 aromatic heterocycles. The third-order valence-electron chi connectivity index (χ3n) is 1.55. The lowest BCUT2D eigenvalue weighted by atomic mass is 10.4. The second-order valence-electron chi connectivity index (χ2n) is 2.98.